The molecule has 3 rings (SSSR count). The molecule has 0 unspecified atom stereocenters. The molecule has 0 saturated heterocycles. The average molecular weight is 352 g/mol. The minimum Gasteiger partial charge on any atom is -0.230 e. The number of hydrogen-bond acceptors (Lipinski definition) is 3. The number of rotatable bonds is 3. The molecule has 23 heavy (non-hydrogen) atoms. The van der Waals surface area contributed by atoms with Gasteiger partial charge in [-0.25, -0.2) is 22.6 Å². The van der Waals surface area contributed by atoms with Crippen molar-refractivity contribution in [2.24, 2.45) is 5.14 Å². The van der Waals surface area contributed by atoms with Gasteiger partial charge in [0.1, 0.15) is 10.7 Å². The number of primary sulfonamides is 1. The van der Waals surface area contributed by atoms with Gasteiger partial charge in [-0.15, -0.1) is 0 Å². The van der Waals surface area contributed by atoms with Crippen molar-refractivity contribution in [1.29, 1.82) is 0 Å². The van der Waals surface area contributed by atoms with E-state index in [1.165, 1.54) is 41.2 Å². The summed E-state index contributed by atoms with van der Waals surface area (Å²) in [5.74, 6) is -0.388. The van der Waals surface area contributed by atoms with Crippen molar-refractivity contribution in [2.45, 2.75) is 4.90 Å². The van der Waals surface area contributed by atoms with E-state index in [2.05, 4.69) is 5.10 Å². The molecule has 2 N–H and O–H groups in total. The molecule has 2 aromatic carbocycles. The zero-order valence-corrected chi connectivity index (χ0v) is 13.2. The zero-order chi connectivity index (χ0) is 16.6. The molecule has 0 atom stereocenters. The van der Waals surface area contributed by atoms with Crippen LogP contribution < -0.4 is 5.14 Å². The summed E-state index contributed by atoms with van der Waals surface area (Å²) < 4.78 is 38.1. The molecular weight excluding hydrogens is 341 g/mol. The van der Waals surface area contributed by atoms with Gasteiger partial charge in [0.25, 0.3) is 0 Å². The van der Waals surface area contributed by atoms with Gasteiger partial charge < -0.3 is 0 Å². The van der Waals surface area contributed by atoms with Crippen molar-refractivity contribution < 1.29 is 12.8 Å². The number of nitrogens with zero attached hydrogens (tertiary/aromatic N) is 2. The molecule has 3 aromatic rings. The van der Waals surface area contributed by atoms with Crippen LogP contribution in [0.3, 0.4) is 0 Å². The second-order valence-electron chi connectivity index (χ2n) is 4.77. The Hall–Kier alpha value is -2.22. The van der Waals surface area contributed by atoms with E-state index in [0.29, 0.717) is 16.3 Å². The predicted octanol–water partition coefficient (Wildman–Crippen LogP) is 2.98. The Bertz CT molecular complexity index is 969. The van der Waals surface area contributed by atoms with Crippen LogP contribution in [0.1, 0.15) is 0 Å². The highest BCUT2D eigenvalue weighted by Crippen LogP contribution is 2.31. The molecule has 0 saturated carbocycles. The van der Waals surface area contributed by atoms with Crippen LogP contribution in [0.15, 0.2) is 59.6 Å². The topological polar surface area (TPSA) is 78.0 Å². The van der Waals surface area contributed by atoms with Gasteiger partial charge in [0.15, 0.2) is 0 Å². The highest BCUT2D eigenvalue weighted by Gasteiger charge is 2.20. The number of hydrogen-bond donors (Lipinski definition) is 1. The Morgan fingerprint density at radius 2 is 1.74 bits per heavy atom. The monoisotopic (exact) mass is 351 g/mol. The first-order valence-electron chi connectivity index (χ1n) is 6.49. The van der Waals surface area contributed by atoms with Gasteiger partial charge >= 0.3 is 0 Å². The third-order valence-electron chi connectivity index (χ3n) is 3.24. The SMILES string of the molecule is NS(=O)(=O)c1ccccc1-n1ncc(Cl)c1-c1ccc(F)cc1. The third kappa shape index (κ3) is 2.98. The van der Waals surface area contributed by atoms with E-state index in [4.69, 9.17) is 16.7 Å². The number of sulfonamides is 1. The minimum absolute atomic E-state index is 0.0804. The highest BCUT2D eigenvalue weighted by atomic mass is 35.5. The Kier molecular flexibility index (Phi) is 3.93. The Morgan fingerprint density at radius 1 is 1.09 bits per heavy atom. The molecular formula is C15H11ClFN3O2S. The fourth-order valence-corrected chi connectivity index (χ4v) is 3.20. The zero-order valence-electron chi connectivity index (χ0n) is 11.6. The maximum absolute atomic E-state index is 13.1. The summed E-state index contributed by atoms with van der Waals surface area (Å²) in [7, 11) is -3.94. The van der Waals surface area contributed by atoms with E-state index >= 15 is 0 Å². The molecule has 5 nitrogen and oxygen atoms in total. The molecule has 0 bridgehead atoms. The van der Waals surface area contributed by atoms with E-state index in [-0.39, 0.29) is 16.4 Å². The van der Waals surface area contributed by atoms with Crippen molar-refractivity contribution in [3.63, 3.8) is 0 Å². The fourth-order valence-electron chi connectivity index (χ4n) is 2.25. The van der Waals surface area contributed by atoms with Crippen molar-refractivity contribution >= 4 is 21.6 Å². The highest BCUT2D eigenvalue weighted by molar-refractivity contribution is 7.89. The van der Waals surface area contributed by atoms with Gasteiger partial charge in [0.2, 0.25) is 10.0 Å². The van der Waals surface area contributed by atoms with Gasteiger partial charge in [-0.1, -0.05) is 23.7 Å². The Labute approximate surface area is 137 Å². The number of para-hydroxylation sites is 1. The van der Waals surface area contributed by atoms with Crippen LogP contribution in [-0.2, 0) is 10.0 Å². The minimum atomic E-state index is -3.94. The second-order valence-corrected chi connectivity index (χ2v) is 6.71. The number of nitrogens with two attached hydrogens (primary N) is 1. The maximum atomic E-state index is 13.1. The van der Waals surface area contributed by atoms with Crippen LogP contribution >= 0.6 is 11.6 Å². The Balaban J connectivity index is 2.27. The molecule has 1 heterocycles. The lowest BCUT2D eigenvalue weighted by Crippen LogP contribution is -2.16. The van der Waals surface area contributed by atoms with Crippen LogP contribution in [0, 0.1) is 5.82 Å². The lowest BCUT2D eigenvalue weighted by atomic mass is 10.1. The van der Waals surface area contributed by atoms with E-state index < -0.39 is 10.0 Å². The number of halogens is 2. The quantitative estimate of drug-likeness (QED) is 0.788. The summed E-state index contributed by atoms with van der Waals surface area (Å²) >= 11 is 6.18. The molecule has 0 spiro atoms. The van der Waals surface area contributed by atoms with E-state index in [0.717, 1.165) is 0 Å². The first-order chi connectivity index (χ1) is 10.9. The van der Waals surface area contributed by atoms with Crippen LogP contribution in [0.4, 0.5) is 4.39 Å². The lowest BCUT2D eigenvalue weighted by Gasteiger charge is -2.11. The molecule has 8 heteroatoms. The van der Waals surface area contributed by atoms with Crippen LogP contribution in [0.2, 0.25) is 5.02 Å². The first-order valence-corrected chi connectivity index (χ1v) is 8.42. The standard InChI is InChI=1S/C15H11ClFN3O2S/c16-12-9-19-20(15(12)10-5-7-11(17)8-6-10)13-3-1-2-4-14(13)23(18,21)22/h1-9H,(H2,18,21,22). The van der Waals surface area contributed by atoms with E-state index in [9.17, 15) is 12.8 Å². The molecule has 0 amide bonds. The van der Waals surface area contributed by atoms with E-state index in [1.54, 1.807) is 18.2 Å². The molecule has 118 valence electrons. The number of benzene rings is 2. The molecule has 0 aliphatic heterocycles. The van der Waals surface area contributed by atoms with Gasteiger partial charge in [0.05, 0.1) is 22.6 Å². The number of aromatic nitrogens is 2. The van der Waals surface area contributed by atoms with Gasteiger partial charge in [-0.05, 0) is 36.4 Å². The molecule has 0 radical (unpaired) electrons. The van der Waals surface area contributed by atoms with Crippen molar-refractivity contribution in [3.05, 3.63) is 65.6 Å². The summed E-state index contributed by atoms with van der Waals surface area (Å²) in [5, 5.41) is 9.70. The van der Waals surface area contributed by atoms with E-state index in [1.807, 2.05) is 0 Å². The predicted molar refractivity (Wildman–Crippen MR) is 85.3 cm³/mol. The normalized spacial score (nSPS) is 11.6. The van der Waals surface area contributed by atoms with Crippen LogP contribution in [0.25, 0.3) is 16.9 Å². The first kappa shape index (κ1) is 15.7. The smallest absolute Gasteiger partial charge is 0.230 e. The largest absolute Gasteiger partial charge is 0.240 e. The molecule has 0 aliphatic rings. The van der Waals surface area contributed by atoms with Crippen LogP contribution in [-0.4, -0.2) is 18.2 Å². The van der Waals surface area contributed by atoms with Crippen LogP contribution in [0.5, 0.6) is 0 Å². The van der Waals surface area contributed by atoms with Crippen molar-refractivity contribution in [1.82, 2.24) is 9.78 Å². The fraction of sp³-hybridized carbons (Fsp3) is 0. The summed E-state index contributed by atoms with van der Waals surface area (Å²) in [5.41, 5.74) is 1.31. The van der Waals surface area contributed by atoms with Crippen molar-refractivity contribution in [2.75, 3.05) is 0 Å². The van der Waals surface area contributed by atoms with Gasteiger partial charge in [-0.3, -0.25) is 0 Å². The summed E-state index contributed by atoms with van der Waals surface area (Å²) in [6.45, 7) is 0. The van der Waals surface area contributed by atoms with Crippen molar-refractivity contribution in [3.8, 4) is 16.9 Å². The maximum Gasteiger partial charge on any atom is 0.240 e. The summed E-state index contributed by atoms with van der Waals surface area (Å²) in [4.78, 5) is -0.0804. The lowest BCUT2D eigenvalue weighted by molar-refractivity contribution is 0.596. The van der Waals surface area contributed by atoms with Gasteiger partial charge in [-0.2, -0.15) is 5.10 Å². The average Bonchev–Trinajstić information content (AvgIpc) is 2.89. The molecule has 0 aliphatic carbocycles. The van der Waals surface area contributed by atoms with Gasteiger partial charge in [0, 0.05) is 5.56 Å². The summed E-state index contributed by atoms with van der Waals surface area (Å²) in [6, 6.07) is 11.8. The second kappa shape index (κ2) is 5.77. The summed E-state index contributed by atoms with van der Waals surface area (Å²) in [6.07, 6.45) is 1.39. The third-order valence-corrected chi connectivity index (χ3v) is 4.48. The molecule has 0 fully saturated rings. The Morgan fingerprint density at radius 3 is 2.39 bits per heavy atom. The molecule has 1 aromatic heterocycles.